The number of Topliss-reactive ketones (excluding diaryl/α,β-unsaturated/α-hetero) is 1. The van der Waals surface area contributed by atoms with Gasteiger partial charge in [0.25, 0.3) is 0 Å². The average Bonchev–Trinajstić information content (AvgIpc) is 2.58. The van der Waals surface area contributed by atoms with Gasteiger partial charge in [0, 0.05) is 56.4 Å². The summed E-state index contributed by atoms with van der Waals surface area (Å²) in [6.45, 7) is 0. The Kier molecular flexibility index (Phi) is 28.7. The number of methoxy groups -OCH3 is 1. The lowest BCUT2D eigenvalue weighted by Crippen LogP contribution is -2.08. The summed E-state index contributed by atoms with van der Waals surface area (Å²) in [6.07, 6.45) is -25.0. The summed E-state index contributed by atoms with van der Waals surface area (Å²) < 4.78 is 228. The number of fused-ring (bicyclic) bond motifs is 2. The van der Waals surface area contributed by atoms with Gasteiger partial charge >= 0.3 is 49.0 Å². The molecule has 0 spiro atoms. The summed E-state index contributed by atoms with van der Waals surface area (Å²) in [5.41, 5.74) is 3.94. The van der Waals surface area contributed by atoms with Crippen molar-refractivity contribution in [2.45, 2.75) is 94.5 Å². The molecule has 0 aliphatic heterocycles. The maximum Gasteiger partial charge on any atom is 0.417 e. The molecule has 6 aromatic carbocycles. The van der Waals surface area contributed by atoms with E-state index in [1.54, 1.807) is 12.1 Å². The van der Waals surface area contributed by atoms with Gasteiger partial charge in [0.1, 0.15) is 0 Å². The molecular weight excluding hydrogens is 1720 g/mol. The molecule has 8 rings (SSSR count). The van der Waals surface area contributed by atoms with Crippen molar-refractivity contribution in [2.24, 2.45) is 0 Å². The first kappa shape index (κ1) is 77.3. The molecule has 6 aromatic rings. The second-order valence-corrected chi connectivity index (χ2v) is 23.7. The van der Waals surface area contributed by atoms with Crippen LogP contribution in [-0.4, -0.2) is 35.0 Å². The molecule has 2 aliphatic carbocycles. The van der Waals surface area contributed by atoms with Crippen LogP contribution in [0.3, 0.4) is 0 Å². The minimum Gasteiger partial charge on any atom is -0.481 e. The maximum absolute atomic E-state index is 12.6. The number of aliphatic hydroxyl groups excluding tert-OH is 1. The van der Waals surface area contributed by atoms with Gasteiger partial charge in [-0.3, -0.25) is 14.4 Å². The van der Waals surface area contributed by atoms with Crippen LogP contribution in [-0.2, 0) is 77.1 Å². The number of alkyl halides is 18. The third-order valence-corrected chi connectivity index (χ3v) is 18.9. The highest BCUT2D eigenvalue weighted by Gasteiger charge is 2.39. The van der Waals surface area contributed by atoms with Crippen molar-refractivity contribution in [3.63, 3.8) is 0 Å². The smallest absolute Gasteiger partial charge is 0.417 e. The molecule has 0 saturated carbocycles. The number of aryl methyl sites for hydroxylation is 2. The van der Waals surface area contributed by atoms with Crippen molar-refractivity contribution < 1.29 is 108 Å². The van der Waals surface area contributed by atoms with Crippen molar-refractivity contribution >= 4 is 142 Å². The number of hydrogen-bond donors (Lipinski definition) is 3. The van der Waals surface area contributed by atoms with E-state index in [0.29, 0.717) is 62.6 Å². The molecule has 0 bridgehead atoms. The number of carboxylic acids is 1. The van der Waals surface area contributed by atoms with Crippen LogP contribution in [0.25, 0.3) is 0 Å². The quantitative estimate of drug-likeness (QED) is 0.0656. The maximum atomic E-state index is 12.6. The number of aliphatic carboxylic acids is 1. The second kappa shape index (κ2) is 32.4. The van der Waals surface area contributed by atoms with E-state index in [1.807, 2.05) is 22.6 Å². The first-order chi connectivity index (χ1) is 39.9. The third kappa shape index (κ3) is 22.7. The summed E-state index contributed by atoms with van der Waals surface area (Å²) in [5, 5.41) is 18.0. The largest absolute Gasteiger partial charge is 0.481 e. The number of carbonyl (C=O) groups excluding carboxylic acids is 2. The molecule has 0 amide bonds. The van der Waals surface area contributed by atoms with Gasteiger partial charge in [0.15, 0.2) is 5.78 Å². The fraction of sp³-hybridized carbons (Fsp3) is 0.291. The second-order valence-electron chi connectivity index (χ2n) is 17.7. The Morgan fingerprint density at radius 2 is 0.885 bits per heavy atom. The number of anilines is 1. The van der Waals surface area contributed by atoms with Gasteiger partial charge < -0.3 is 20.7 Å². The number of carboxylic acid groups (broad SMARTS) is 1. The molecule has 0 fully saturated rings. The van der Waals surface area contributed by atoms with Crippen molar-refractivity contribution in [3.05, 3.63) is 194 Å². The first-order valence-electron chi connectivity index (χ1n) is 23.9. The highest BCUT2D eigenvalue weighted by Crippen LogP contribution is 2.45. The van der Waals surface area contributed by atoms with Crippen molar-refractivity contribution in [1.29, 1.82) is 0 Å². The highest BCUT2D eigenvalue weighted by molar-refractivity contribution is 14.1. The van der Waals surface area contributed by atoms with E-state index in [2.05, 4.69) is 100 Å². The van der Waals surface area contributed by atoms with Crippen LogP contribution in [0, 0.1) is 3.57 Å². The average molecular weight is 1760 g/mol. The predicted octanol–water partition coefficient (Wildman–Crippen LogP) is 21.2. The van der Waals surface area contributed by atoms with Crippen LogP contribution in [0.1, 0.15) is 103 Å². The number of rotatable bonds is 6. The molecule has 0 radical (unpaired) electrons. The Labute approximate surface area is 547 Å². The zero-order valence-corrected chi connectivity index (χ0v) is 55.2. The van der Waals surface area contributed by atoms with Crippen LogP contribution >= 0.6 is 118 Å². The van der Waals surface area contributed by atoms with Gasteiger partial charge in [-0.25, -0.2) is 0 Å². The minimum atomic E-state index is -4.43. The Bertz CT molecular complexity index is 3330. The van der Waals surface area contributed by atoms with E-state index >= 15 is 0 Å². The molecular formula is C55H40Br6F18INO6. The number of esters is 1. The molecule has 0 saturated heterocycles. The summed E-state index contributed by atoms with van der Waals surface area (Å²) in [5.74, 6) is -1.57. The Hall–Kier alpha value is -3.96. The van der Waals surface area contributed by atoms with Crippen molar-refractivity contribution in [3.8, 4) is 0 Å². The standard InChI is InChI=1S/C11H10BrF3O2.C10H8BrF3O2.C10H8BrF3O.C10H6BrF3O.C7H3BrF3I.C7H5BrF3N/c1-17-9(16)6-5-7-3-2-4-8(10(7)12)11(13,14)15;11-9-6(4-5-8(15)16)2-1-3-7(9)10(12,13)14;2*11-9-6-2-4-8(15)5(6)1-3-7(9)10(12,13)14;2*8-6-4(7(9,10)11)2-1-3-5(6)12/h2-4H,5-6H2,1H3;1-3H,4-5H2,(H,15,16);1,3,8,15H,2,4H2;1,3H,2,4H2;1-3H;1-3H,12H2/t;;8-;;;/m..0.../s1. The fourth-order valence-electron chi connectivity index (χ4n) is 7.63. The SMILES string of the molecule is COC(=O)CCc1cccc(C(F)(F)F)c1Br.FC(F)(F)c1cccc(I)c1Br.Nc1cccc(C(F)(F)F)c1Br.O=C(O)CCc1cccc(C(F)(F)F)c1Br.O=C1CCc2c1ccc(C(F)(F)F)c2Br.O[C@H]1CCc2c1ccc(C(F)(F)F)c2Br. The molecule has 0 unspecified atom stereocenters. The van der Waals surface area contributed by atoms with Gasteiger partial charge in [-0.05, 0) is 227 Å². The van der Waals surface area contributed by atoms with E-state index in [1.165, 1.54) is 55.6 Å². The topological polar surface area (TPSA) is 127 Å². The number of aliphatic hydroxyl groups is 1. The predicted molar refractivity (Wildman–Crippen MR) is 314 cm³/mol. The molecule has 7 nitrogen and oxygen atoms in total. The molecule has 2 aliphatic rings. The van der Waals surface area contributed by atoms with Gasteiger partial charge in [0.2, 0.25) is 0 Å². The van der Waals surface area contributed by atoms with E-state index < -0.39 is 88.5 Å². The molecule has 4 N–H and O–H groups in total. The lowest BCUT2D eigenvalue weighted by Gasteiger charge is -2.13. The lowest BCUT2D eigenvalue weighted by molar-refractivity contribution is -0.141. The number of nitrogen functional groups attached to an aromatic ring is 1. The summed E-state index contributed by atoms with van der Waals surface area (Å²) in [7, 11) is 1.24. The van der Waals surface area contributed by atoms with Crippen LogP contribution in [0.5, 0.6) is 0 Å². The molecule has 87 heavy (non-hydrogen) atoms. The lowest BCUT2D eigenvalue weighted by atomic mass is 10.1. The van der Waals surface area contributed by atoms with Gasteiger partial charge in [0.05, 0.1) is 51.1 Å². The number of benzene rings is 6. The third-order valence-electron chi connectivity index (χ3n) is 11.9. The first-order valence-corrected chi connectivity index (χ1v) is 29.8. The van der Waals surface area contributed by atoms with E-state index in [0.717, 1.165) is 36.4 Å². The number of ketones is 1. The number of ether oxygens (including phenoxy) is 1. The van der Waals surface area contributed by atoms with E-state index in [-0.39, 0.29) is 64.0 Å². The summed E-state index contributed by atoms with van der Waals surface area (Å²) >= 11 is 19.2. The number of hydrogen-bond acceptors (Lipinski definition) is 6. The highest BCUT2D eigenvalue weighted by atomic mass is 127. The summed E-state index contributed by atoms with van der Waals surface area (Å²) in [4.78, 5) is 32.5. The molecule has 476 valence electrons. The number of nitrogens with two attached hydrogens (primary N) is 1. The van der Waals surface area contributed by atoms with Crippen LogP contribution in [0.4, 0.5) is 84.7 Å². The molecule has 0 heterocycles. The van der Waals surface area contributed by atoms with Crippen molar-refractivity contribution in [1.82, 2.24) is 0 Å². The molecule has 0 aromatic heterocycles. The Morgan fingerprint density at radius 1 is 0.506 bits per heavy atom. The van der Waals surface area contributed by atoms with Gasteiger partial charge in [-0.1, -0.05) is 48.5 Å². The molecule has 1 atom stereocenters. The van der Waals surface area contributed by atoms with E-state index in [4.69, 9.17) is 10.8 Å². The minimum absolute atomic E-state index is 0.0124. The zero-order valence-electron chi connectivity index (χ0n) is 43.5. The number of carbonyl (C=O) groups is 3. The zero-order chi connectivity index (χ0) is 66.5. The Morgan fingerprint density at radius 3 is 1.30 bits per heavy atom. The monoisotopic (exact) mass is 1750 g/mol. The van der Waals surface area contributed by atoms with Gasteiger partial charge in [-0.2, -0.15) is 79.0 Å². The van der Waals surface area contributed by atoms with Crippen LogP contribution in [0.15, 0.2) is 124 Å². The fourth-order valence-corrected chi connectivity index (χ4v) is 12.0. The van der Waals surface area contributed by atoms with E-state index in [9.17, 15) is 98.5 Å². The van der Waals surface area contributed by atoms with Crippen LogP contribution in [0.2, 0.25) is 0 Å². The summed E-state index contributed by atoms with van der Waals surface area (Å²) in [6, 6.07) is 19.8. The van der Waals surface area contributed by atoms with Crippen molar-refractivity contribution in [2.75, 3.05) is 12.8 Å². The van der Waals surface area contributed by atoms with Crippen LogP contribution < -0.4 is 5.73 Å². The normalized spacial score (nSPS) is 13.8. The Balaban J connectivity index is 0.000000274. The van der Waals surface area contributed by atoms with Gasteiger partial charge in [-0.15, -0.1) is 0 Å². The molecule has 32 heteroatoms. The number of halogens is 25.